The number of aromatic nitrogens is 2. The van der Waals surface area contributed by atoms with Gasteiger partial charge in [0.05, 0.1) is 24.8 Å². The van der Waals surface area contributed by atoms with Crippen LogP contribution in [0.5, 0.6) is 0 Å². The molecule has 0 radical (unpaired) electrons. The van der Waals surface area contributed by atoms with Crippen LogP contribution in [-0.4, -0.2) is 29.7 Å². The topological polar surface area (TPSA) is 51.4 Å². The fourth-order valence-corrected chi connectivity index (χ4v) is 4.56. The molecule has 3 aromatic heterocycles. The number of anilines is 1. The molecule has 1 aromatic carbocycles. The number of benzene rings is 1. The van der Waals surface area contributed by atoms with Crippen molar-refractivity contribution in [1.29, 1.82) is 0 Å². The highest BCUT2D eigenvalue weighted by Gasteiger charge is 2.27. The van der Waals surface area contributed by atoms with E-state index in [1.807, 2.05) is 25.1 Å². The van der Waals surface area contributed by atoms with Crippen molar-refractivity contribution < 1.29 is 9.15 Å². The van der Waals surface area contributed by atoms with Crippen LogP contribution in [0.4, 0.5) is 5.82 Å². The van der Waals surface area contributed by atoms with Crippen LogP contribution in [0.15, 0.2) is 58.5 Å². The number of thiophene rings is 1. The highest BCUT2D eigenvalue weighted by atomic mass is 32.1. The van der Waals surface area contributed by atoms with E-state index in [1.54, 1.807) is 17.6 Å². The Labute approximate surface area is 161 Å². The number of fused-ring (bicyclic) bond motifs is 1. The van der Waals surface area contributed by atoms with E-state index in [9.17, 15) is 0 Å². The molecule has 1 atom stereocenters. The fraction of sp³-hybridized carbons (Fsp3) is 0.238. The molecule has 0 N–H and O–H groups in total. The monoisotopic (exact) mass is 377 g/mol. The minimum atomic E-state index is -0.0853. The van der Waals surface area contributed by atoms with Gasteiger partial charge in [0.2, 0.25) is 0 Å². The lowest BCUT2D eigenvalue weighted by molar-refractivity contribution is 0.0256. The van der Waals surface area contributed by atoms with Gasteiger partial charge in [0.25, 0.3) is 0 Å². The molecule has 6 heteroatoms. The van der Waals surface area contributed by atoms with Gasteiger partial charge in [-0.05, 0) is 24.6 Å². The molecule has 1 fully saturated rings. The summed E-state index contributed by atoms with van der Waals surface area (Å²) in [5.74, 6) is 2.63. The predicted octanol–water partition coefficient (Wildman–Crippen LogP) is 4.84. The zero-order chi connectivity index (χ0) is 18.2. The van der Waals surface area contributed by atoms with Gasteiger partial charge in [-0.2, -0.15) is 0 Å². The van der Waals surface area contributed by atoms with E-state index in [4.69, 9.17) is 14.1 Å². The number of hydrogen-bond acceptors (Lipinski definition) is 6. The Morgan fingerprint density at radius 1 is 1.11 bits per heavy atom. The predicted molar refractivity (Wildman–Crippen MR) is 107 cm³/mol. The van der Waals surface area contributed by atoms with Crippen molar-refractivity contribution in [2.45, 2.75) is 13.0 Å². The number of furan rings is 1. The van der Waals surface area contributed by atoms with Crippen LogP contribution in [0.1, 0.15) is 17.7 Å². The van der Waals surface area contributed by atoms with Gasteiger partial charge in [0.15, 0.2) is 0 Å². The zero-order valence-electron chi connectivity index (χ0n) is 15.0. The molecule has 4 aromatic rings. The standard InChI is InChI=1S/C21H19N3O2S/c1-14-22-20(24-9-11-26-18(12-24)17-8-5-10-25-17)19-16(13-27-21(19)23-14)15-6-3-2-4-7-15/h2-8,10,13,18H,9,11-12H2,1H3. The van der Waals surface area contributed by atoms with Gasteiger partial charge in [-0.3, -0.25) is 0 Å². The Morgan fingerprint density at radius 2 is 2.00 bits per heavy atom. The third kappa shape index (κ3) is 3.01. The fourth-order valence-electron chi connectivity index (χ4n) is 3.57. The van der Waals surface area contributed by atoms with Gasteiger partial charge in [-0.15, -0.1) is 11.3 Å². The summed E-state index contributed by atoms with van der Waals surface area (Å²) in [6.45, 7) is 4.10. The minimum Gasteiger partial charge on any atom is -0.467 e. The lowest BCUT2D eigenvalue weighted by atomic mass is 10.1. The molecule has 5 nitrogen and oxygen atoms in total. The van der Waals surface area contributed by atoms with Crippen molar-refractivity contribution in [3.63, 3.8) is 0 Å². The normalized spacial score (nSPS) is 17.5. The number of nitrogens with zero attached hydrogens (tertiary/aromatic N) is 3. The van der Waals surface area contributed by atoms with Crippen LogP contribution < -0.4 is 4.90 Å². The number of rotatable bonds is 3. The third-order valence-electron chi connectivity index (χ3n) is 4.84. The first-order valence-electron chi connectivity index (χ1n) is 9.01. The van der Waals surface area contributed by atoms with Gasteiger partial charge in [-0.1, -0.05) is 30.3 Å². The molecule has 4 heterocycles. The SMILES string of the molecule is Cc1nc(N2CCOC(c3ccco3)C2)c2c(-c3ccccc3)csc2n1. The van der Waals surface area contributed by atoms with Crippen molar-refractivity contribution in [3.05, 3.63) is 65.7 Å². The van der Waals surface area contributed by atoms with E-state index in [0.29, 0.717) is 13.2 Å². The largest absolute Gasteiger partial charge is 0.467 e. The summed E-state index contributed by atoms with van der Waals surface area (Å²) in [6, 6.07) is 14.3. The van der Waals surface area contributed by atoms with E-state index >= 15 is 0 Å². The van der Waals surface area contributed by atoms with E-state index < -0.39 is 0 Å². The molecule has 5 rings (SSSR count). The van der Waals surface area contributed by atoms with Gasteiger partial charge in [-0.25, -0.2) is 9.97 Å². The van der Waals surface area contributed by atoms with Crippen LogP contribution in [0.25, 0.3) is 21.3 Å². The van der Waals surface area contributed by atoms with Crippen LogP contribution in [0.2, 0.25) is 0 Å². The van der Waals surface area contributed by atoms with Gasteiger partial charge in [0.1, 0.15) is 28.3 Å². The lowest BCUT2D eigenvalue weighted by Gasteiger charge is -2.33. The summed E-state index contributed by atoms with van der Waals surface area (Å²) in [5.41, 5.74) is 2.37. The molecule has 0 saturated carbocycles. The Kier molecular flexibility index (Phi) is 4.14. The first-order valence-corrected chi connectivity index (χ1v) is 9.89. The summed E-state index contributed by atoms with van der Waals surface area (Å²) in [6.07, 6.45) is 1.61. The maximum absolute atomic E-state index is 5.94. The van der Waals surface area contributed by atoms with Gasteiger partial charge in [0, 0.05) is 17.5 Å². The molecule has 136 valence electrons. The van der Waals surface area contributed by atoms with Crippen LogP contribution in [0, 0.1) is 6.92 Å². The molecule has 0 bridgehead atoms. The quantitative estimate of drug-likeness (QED) is 0.511. The number of ether oxygens (including phenoxy) is 1. The molecule has 1 unspecified atom stereocenters. The lowest BCUT2D eigenvalue weighted by Crippen LogP contribution is -2.39. The molecule has 1 aliphatic rings. The van der Waals surface area contributed by atoms with Crippen molar-refractivity contribution in [2.75, 3.05) is 24.6 Å². The average molecular weight is 377 g/mol. The Balaban J connectivity index is 1.61. The molecule has 0 amide bonds. The van der Waals surface area contributed by atoms with E-state index in [2.05, 4.69) is 39.5 Å². The zero-order valence-corrected chi connectivity index (χ0v) is 15.8. The molecule has 27 heavy (non-hydrogen) atoms. The Hall–Kier alpha value is -2.70. The summed E-state index contributed by atoms with van der Waals surface area (Å²) in [7, 11) is 0. The molecular weight excluding hydrogens is 358 g/mol. The summed E-state index contributed by atoms with van der Waals surface area (Å²) < 4.78 is 11.5. The smallest absolute Gasteiger partial charge is 0.141 e. The maximum atomic E-state index is 5.94. The third-order valence-corrected chi connectivity index (χ3v) is 5.71. The maximum Gasteiger partial charge on any atom is 0.141 e. The summed E-state index contributed by atoms with van der Waals surface area (Å²) in [5, 5.41) is 3.30. The van der Waals surface area contributed by atoms with Gasteiger partial charge >= 0.3 is 0 Å². The van der Waals surface area contributed by atoms with Crippen LogP contribution in [-0.2, 0) is 4.74 Å². The average Bonchev–Trinajstić information content (AvgIpc) is 3.38. The second kappa shape index (κ2) is 6.79. The van der Waals surface area contributed by atoms with Crippen LogP contribution >= 0.6 is 11.3 Å². The first-order chi connectivity index (χ1) is 13.3. The molecule has 0 aliphatic carbocycles. The van der Waals surface area contributed by atoms with Crippen molar-refractivity contribution >= 4 is 27.4 Å². The summed E-state index contributed by atoms with van der Waals surface area (Å²) >= 11 is 1.67. The van der Waals surface area contributed by atoms with Gasteiger partial charge < -0.3 is 14.1 Å². The molecule has 1 saturated heterocycles. The highest BCUT2D eigenvalue weighted by molar-refractivity contribution is 7.17. The van der Waals surface area contributed by atoms with Crippen molar-refractivity contribution in [3.8, 4) is 11.1 Å². The van der Waals surface area contributed by atoms with E-state index in [0.717, 1.165) is 34.2 Å². The highest BCUT2D eigenvalue weighted by Crippen LogP contribution is 2.39. The first kappa shape index (κ1) is 16.5. The second-order valence-corrected chi connectivity index (χ2v) is 7.47. The van der Waals surface area contributed by atoms with E-state index in [-0.39, 0.29) is 6.10 Å². The Morgan fingerprint density at radius 3 is 2.81 bits per heavy atom. The molecule has 0 spiro atoms. The molecule has 1 aliphatic heterocycles. The van der Waals surface area contributed by atoms with Crippen molar-refractivity contribution in [2.24, 2.45) is 0 Å². The van der Waals surface area contributed by atoms with Crippen LogP contribution in [0.3, 0.4) is 0 Å². The number of aryl methyl sites for hydroxylation is 1. The second-order valence-electron chi connectivity index (χ2n) is 6.61. The minimum absolute atomic E-state index is 0.0853. The summed E-state index contributed by atoms with van der Waals surface area (Å²) in [4.78, 5) is 12.8. The Bertz CT molecular complexity index is 1060. The number of morpholine rings is 1. The van der Waals surface area contributed by atoms with Crippen molar-refractivity contribution in [1.82, 2.24) is 9.97 Å². The van der Waals surface area contributed by atoms with E-state index in [1.165, 1.54) is 11.1 Å². The number of hydrogen-bond donors (Lipinski definition) is 0. The molecular formula is C21H19N3O2S.